The summed E-state index contributed by atoms with van der Waals surface area (Å²) in [5.74, 6) is -5.47. The third-order valence-corrected chi connectivity index (χ3v) is 3.88. The molecule has 0 bridgehead atoms. The molecule has 0 aliphatic heterocycles. The minimum atomic E-state index is -6.76. The zero-order valence-corrected chi connectivity index (χ0v) is 9.80. The molecule has 0 aliphatic rings. The molecule has 0 unspecified atom stereocenters. The van der Waals surface area contributed by atoms with Gasteiger partial charge >= 0.3 is 76.7 Å². The molecule has 1 aromatic carbocycles. The molecule has 1 aromatic rings. The molecular formula is C7H8F3O3PRu. The van der Waals surface area contributed by atoms with Crippen LogP contribution in [0.3, 0.4) is 0 Å². The Bertz CT molecular complexity index is 333. The number of hydrogen-bond donors (Lipinski definition) is 3. The Labute approximate surface area is 96.5 Å². The van der Waals surface area contributed by atoms with Gasteiger partial charge in [0.15, 0.2) is 0 Å². The average Bonchev–Trinajstić information content (AvgIpc) is 2.03. The van der Waals surface area contributed by atoms with Gasteiger partial charge in [-0.3, -0.25) is 0 Å². The summed E-state index contributed by atoms with van der Waals surface area (Å²) in [7, 11) is -6.76. The van der Waals surface area contributed by atoms with Gasteiger partial charge in [-0.1, -0.05) is 0 Å². The van der Waals surface area contributed by atoms with Gasteiger partial charge in [0.25, 0.3) is 0 Å². The predicted octanol–water partition coefficient (Wildman–Crippen LogP) is 1.10. The molecule has 0 fully saturated rings. The van der Waals surface area contributed by atoms with Crippen LogP contribution >= 0.6 is 7.28 Å². The maximum Gasteiger partial charge on any atom is 0 e. The van der Waals surface area contributed by atoms with Crippen molar-refractivity contribution in [3.8, 4) is 0 Å². The summed E-state index contributed by atoms with van der Waals surface area (Å²) in [5, 5.41) is -0.925. The van der Waals surface area contributed by atoms with Gasteiger partial charge in [-0.05, 0) is 0 Å². The van der Waals surface area contributed by atoms with E-state index in [1.165, 1.54) is 18.2 Å². The van der Waals surface area contributed by atoms with Crippen molar-refractivity contribution in [2.75, 3.05) is 0 Å². The average molecular weight is 329 g/mol. The summed E-state index contributed by atoms with van der Waals surface area (Å²) in [6, 6.07) is 5.36. The van der Waals surface area contributed by atoms with Gasteiger partial charge < -0.3 is 0 Å². The van der Waals surface area contributed by atoms with Gasteiger partial charge in [0, 0.05) is 19.5 Å². The van der Waals surface area contributed by atoms with E-state index in [2.05, 4.69) is 0 Å². The minimum Gasteiger partial charge on any atom is 0 e. The second-order valence-electron chi connectivity index (χ2n) is 2.78. The van der Waals surface area contributed by atoms with Crippen LogP contribution in [0.25, 0.3) is 0 Å². The van der Waals surface area contributed by atoms with Gasteiger partial charge in [0.05, 0.1) is 0 Å². The van der Waals surface area contributed by atoms with Gasteiger partial charge in [-0.25, -0.2) is 0 Å². The van der Waals surface area contributed by atoms with E-state index in [1.807, 2.05) is 0 Å². The Hall–Kier alpha value is -0.0566. The van der Waals surface area contributed by atoms with Crippen LogP contribution < -0.4 is 5.30 Å². The predicted molar refractivity (Wildman–Crippen MR) is 45.7 cm³/mol. The molecule has 0 aromatic heterocycles. The van der Waals surface area contributed by atoms with E-state index in [-0.39, 0.29) is 19.5 Å². The Kier molecular flexibility index (Phi) is 4.06. The molecule has 0 atom stereocenters. The van der Waals surface area contributed by atoms with Gasteiger partial charge in [-0.15, -0.1) is 0 Å². The van der Waals surface area contributed by atoms with Crippen LogP contribution in [0.5, 0.6) is 0 Å². The first-order valence-corrected chi connectivity index (χ1v) is 5.62. The van der Waals surface area contributed by atoms with E-state index in [9.17, 15) is 13.2 Å². The molecule has 88 valence electrons. The monoisotopic (exact) mass is 330 g/mol. The Morgan fingerprint density at radius 1 is 0.933 bits per heavy atom. The largest absolute Gasteiger partial charge is 0 e. The van der Waals surface area contributed by atoms with Gasteiger partial charge in [0.1, 0.15) is 0 Å². The van der Waals surface area contributed by atoms with E-state index >= 15 is 0 Å². The quantitative estimate of drug-likeness (QED) is 0.534. The van der Waals surface area contributed by atoms with Crippen molar-refractivity contribution < 1.29 is 47.3 Å². The molecule has 0 aliphatic carbocycles. The second-order valence-corrected chi connectivity index (χ2v) is 5.77. The fraction of sp³-hybridized carbons (Fsp3) is 0.143. The van der Waals surface area contributed by atoms with Gasteiger partial charge in [0.2, 0.25) is 0 Å². The van der Waals surface area contributed by atoms with E-state index in [1.54, 1.807) is 0 Å². The summed E-state index contributed by atoms with van der Waals surface area (Å²) in [4.78, 5) is 26.7. The molecule has 8 heteroatoms. The second kappa shape index (κ2) is 4.07. The Morgan fingerprint density at radius 3 is 1.67 bits per heavy atom. The van der Waals surface area contributed by atoms with Crippen LogP contribution in [0.15, 0.2) is 30.3 Å². The molecular weight excluding hydrogens is 321 g/mol. The van der Waals surface area contributed by atoms with E-state index in [4.69, 9.17) is 14.7 Å². The normalized spacial score (nSPS) is 14.9. The van der Waals surface area contributed by atoms with Crippen LogP contribution in [-0.2, 0) is 19.5 Å². The third-order valence-electron chi connectivity index (χ3n) is 1.70. The van der Waals surface area contributed by atoms with Crippen molar-refractivity contribution in [3.63, 3.8) is 0 Å². The van der Waals surface area contributed by atoms with Crippen LogP contribution in [0.1, 0.15) is 0 Å². The first kappa shape index (κ1) is 14.9. The molecule has 0 saturated carbocycles. The molecule has 0 saturated heterocycles. The fourth-order valence-corrected chi connectivity index (χ4v) is 1.86. The Balaban J connectivity index is 0.00000196. The van der Waals surface area contributed by atoms with Crippen LogP contribution in [0.2, 0.25) is 0 Å². The minimum absolute atomic E-state index is 0. The van der Waals surface area contributed by atoms with E-state index in [0.717, 1.165) is 12.1 Å². The SMILES string of the molecule is OP(O)(O)(c1ccccc1)C(F)(F)F.[Ru]. The molecule has 0 amide bonds. The van der Waals surface area contributed by atoms with Crippen LogP contribution in [-0.4, -0.2) is 20.6 Å². The molecule has 0 spiro atoms. The topological polar surface area (TPSA) is 60.7 Å². The number of halogens is 3. The first-order valence-electron chi connectivity index (χ1n) is 3.52. The third kappa shape index (κ3) is 2.55. The summed E-state index contributed by atoms with van der Waals surface area (Å²) in [6.45, 7) is 0. The van der Waals surface area contributed by atoms with Gasteiger partial charge in [-0.2, -0.15) is 0 Å². The van der Waals surface area contributed by atoms with Crippen molar-refractivity contribution in [2.45, 2.75) is 5.92 Å². The van der Waals surface area contributed by atoms with Crippen molar-refractivity contribution >= 4 is 12.6 Å². The molecule has 3 nitrogen and oxygen atoms in total. The van der Waals surface area contributed by atoms with Crippen molar-refractivity contribution in [3.05, 3.63) is 30.3 Å². The Morgan fingerprint density at radius 2 is 1.33 bits per heavy atom. The van der Waals surface area contributed by atoms with E-state index < -0.39 is 18.5 Å². The van der Waals surface area contributed by atoms with Crippen molar-refractivity contribution in [2.24, 2.45) is 0 Å². The molecule has 0 heterocycles. The van der Waals surface area contributed by atoms with Crippen LogP contribution in [0, 0.1) is 0 Å². The summed E-state index contributed by atoms with van der Waals surface area (Å²) in [6.07, 6.45) is 0. The number of rotatable bonds is 1. The van der Waals surface area contributed by atoms with Crippen molar-refractivity contribution in [1.29, 1.82) is 0 Å². The van der Waals surface area contributed by atoms with E-state index in [0.29, 0.717) is 0 Å². The molecule has 15 heavy (non-hydrogen) atoms. The zero-order valence-electron chi connectivity index (χ0n) is 7.16. The maximum atomic E-state index is 12.2. The first-order chi connectivity index (χ1) is 6.14. The standard InChI is InChI=1S/C7H8F3O3P.Ru/c8-7(9,10)14(11,12,13)6-4-2-1-3-5-6;/h1-5,11-13H;. The molecule has 1 rings (SSSR count). The fourth-order valence-electron chi connectivity index (χ4n) is 0.849. The zero-order chi connectivity index (χ0) is 11.1. The summed E-state index contributed by atoms with van der Waals surface area (Å²) < 4.78 is 36.6. The van der Waals surface area contributed by atoms with Crippen molar-refractivity contribution in [1.82, 2.24) is 0 Å². The molecule has 0 radical (unpaired) electrons. The number of alkyl halides is 3. The maximum absolute atomic E-state index is 12.2. The summed E-state index contributed by atoms with van der Waals surface area (Å²) in [5.41, 5.74) is 0. The number of benzene rings is 1. The smallest absolute Gasteiger partial charge is 0 e. The summed E-state index contributed by atoms with van der Waals surface area (Å²) >= 11 is 0. The molecule has 3 N–H and O–H groups in total. The van der Waals surface area contributed by atoms with Crippen LogP contribution in [0.4, 0.5) is 13.2 Å². The number of hydrogen-bond acceptors (Lipinski definition) is 3.